The number of carbonyl (C=O) groups excluding carboxylic acids is 1. The third-order valence-electron chi connectivity index (χ3n) is 2.73. The normalized spacial score (nSPS) is 15.6. The van der Waals surface area contributed by atoms with E-state index in [2.05, 4.69) is 5.32 Å². The zero-order chi connectivity index (χ0) is 10.4. The van der Waals surface area contributed by atoms with Gasteiger partial charge in [0.1, 0.15) is 5.75 Å². The number of phenols is 1. The smallest absolute Gasteiger partial charge is 0.245 e. The van der Waals surface area contributed by atoms with Gasteiger partial charge < -0.3 is 10.4 Å². The molecule has 4 heteroatoms. The minimum atomic E-state index is 0.0249. The molecule has 1 aliphatic rings. The van der Waals surface area contributed by atoms with Crippen LogP contribution >= 0.6 is 0 Å². The van der Waals surface area contributed by atoms with E-state index in [1.165, 1.54) is 0 Å². The quantitative estimate of drug-likeness (QED) is 0.672. The summed E-state index contributed by atoms with van der Waals surface area (Å²) in [6.07, 6.45) is 0. The van der Waals surface area contributed by atoms with E-state index in [4.69, 9.17) is 0 Å². The molecule has 1 aromatic carbocycles. The van der Waals surface area contributed by atoms with Crippen molar-refractivity contribution in [2.45, 2.75) is 6.54 Å². The summed E-state index contributed by atoms with van der Waals surface area (Å²) in [5, 5.41) is 13.4. The first-order chi connectivity index (χ1) is 7.27. The van der Waals surface area contributed by atoms with Crippen LogP contribution in [0.5, 0.6) is 5.75 Å². The number of nitrogens with zero attached hydrogens (tertiary/aromatic N) is 1. The highest BCUT2D eigenvalue weighted by Crippen LogP contribution is 2.28. The van der Waals surface area contributed by atoms with Crippen LogP contribution in [-0.4, -0.2) is 22.1 Å². The predicted octanol–water partition coefficient (Wildman–Crippen LogP) is 1.09. The summed E-state index contributed by atoms with van der Waals surface area (Å²) >= 11 is 0. The molecule has 76 valence electrons. The Morgan fingerprint density at radius 2 is 2.20 bits per heavy atom. The summed E-state index contributed by atoms with van der Waals surface area (Å²) in [5.41, 5.74) is 1.69. The van der Waals surface area contributed by atoms with Crippen molar-refractivity contribution in [2.75, 3.05) is 6.54 Å². The van der Waals surface area contributed by atoms with Gasteiger partial charge in [0, 0.05) is 17.6 Å². The fourth-order valence-electron chi connectivity index (χ4n) is 2.07. The Kier molecular flexibility index (Phi) is 1.61. The maximum absolute atomic E-state index is 11.7. The van der Waals surface area contributed by atoms with E-state index in [1.807, 2.05) is 12.1 Å². The largest absolute Gasteiger partial charge is 0.507 e. The lowest BCUT2D eigenvalue weighted by atomic mass is 10.2. The Hall–Kier alpha value is -1.81. The van der Waals surface area contributed by atoms with Gasteiger partial charge in [-0.25, -0.2) is 0 Å². The summed E-state index contributed by atoms with van der Waals surface area (Å²) in [6.45, 7) is 1.02. The molecule has 1 aromatic heterocycles. The van der Waals surface area contributed by atoms with Gasteiger partial charge >= 0.3 is 0 Å². The lowest BCUT2D eigenvalue weighted by molar-refractivity contribution is 0.0900. The molecule has 0 amide bonds. The van der Waals surface area contributed by atoms with Crippen LogP contribution in [0.1, 0.15) is 10.5 Å². The average Bonchev–Trinajstić information content (AvgIpc) is 2.59. The van der Waals surface area contributed by atoms with Crippen molar-refractivity contribution in [3.05, 3.63) is 30.0 Å². The van der Waals surface area contributed by atoms with Crippen molar-refractivity contribution < 1.29 is 9.90 Å². The first-order valence-electron chi connectivity index (χ1n) is 4.83. The zero-order valence-corrected chi connectivity index (χ0v) is 8.03. The summed E-state index contributed by atoms with van der Waals surface area (Å²) in [7, 11) is 0. The number of carbonyl (C=O) groups is 1. The van der Waals surface area contributed by atoms with Crippen LogP contribution in [0.15, 0.2) is 24.3 Å². The molecule has 0 spiro atoms. The lowest BCUT2D eigenvalue weighted by Crippen LogP contribution is -2.34. The van der Waals surface area contributed by atoms with Crippen molar-refractivity contribution in [3.63, 3.8) is 0 Å². The number of hydrogen-bond donors (Lipinski definition) is 2. The summed E-state index contributed by atoms with van der Waals surface area (Å²) in [5.74, 6) is 0.249. The van der Waals surface area contributed by atoms with Gasteiger partial charge in [0.15, 0.2) is 0 Å². The molecule has 0 saturated heterocycles. The van der Waals surface area contributed by atoms with Crippen LogP contribution < -0.4 is 5.32 Å². The number of phenolic OH excluding ortho intramolecular Hbond substituents is 1. The minimum Gasteiger partial charge on any atom is -0.507 e. The molecule has 3 rings (SSSR count). The molecule has 2 N–H and O–H groups in total. The Labute approximate surface area is 86.1 Å². The van der Waals surface area contributed by atoms with Gasteiger partial charge in [0.2, 0.25) is 5.91 Å². The number of benzene rings is 1. The van der Waals surface area contributed by atoms with Crippen LogP contribution in [0.4, 0.5) is 0 Å². The fourth-order valence-corrected chi connectivity index (χ4v) is 2.07. The van der Waals surface area contributed by atoms with Crippen LogP contribution in [-0.2, 0) is 6.54 Å². The molecule has 0 fully saturated rings. The Morgan fingerprint density at radius 1 is 1.33 bits per heavy atom. The molecule has 0 saturated carbocycles. The van der Waals surface area contributed by atoms with E-state index in [0.29, 0.717) is 13.1 Å². The van der Waals surface area contributed by atoms with Gasteiger partial charge in [-0.3, -0.25) is 9.36 Å². The van der Waals surface area contributed by atoms with Crippen molar-refractivity contribution in [1.82, 2.24) is 9.88 Å². The molecule has 2 aromatic rings. The molecule has 15 heavy (non-hydrogen) atoms. The maximum atomic E-state index is 11.7. The SMILES string of the molecule is O=C1CNCc2cc3c(O)cccc3n21. The highest BCUT2D eigenvalue weighted by molar-refractivity contribution is 5.97. The van der Waals surface area contributed by atoms with Gasteiger partial charge in [-0.2, -0.15) is 0 Å². The van der Waals surface area contributed by atoms with Gasteiger partial charge in [-0.1, -0.05) is 6.07 Å². The number of aromatic nitrogens is 1. The molecule has 2 heterocycles. The van der Waals surface area contributed by atoms with E-state index in [0.717, 1.165) is 16.6 Å². The first-order valence-corrected chi connectivity index (χ1v) is 4.83. The molecule has 1 aliphatic heterocycles. The van der Waals surface area contributed by atoms with Gasteiger partial charge in [-0.15, -0.1) is 0 Å². The average molecular weight is 202 g/mol. The second-order valence-electron chi connectivity index (χ2n) is 3.68. The molecular weight excluding hydrogens is 192 g/mol. The Balaban J connectivity index is 2.41. The van der Waals surface area contributed by atoms with Crippen LogP contribution in [0.25, 0.3) is 10.9 Å². The highest BCUT2D eigenvalue weighted by Gasteiger charge is 2.19. The molecule has 0 atom stereocenters. The van der Waals surface area contributed by atoms with Crippen LogP contribution in [0.3, 0.4) is 0 Å². The highest BCUT2D eigenvalue weighted by atomic mass is 16.3. The second kappa shape index (κ2) is 2.84. The van der Waals surface area contributed by atoms with Crippen molar-refractivity contribution >= 4 is 16.8 Å². The van der Waals surface area contributed by atoms with E-state index in [-0.39, 0.29) is 11.7 Å². The Morgan fingerprint density at radius 3 is 3.07 bits per heavy atom. The standard InChI is InChI=1S/C11H10N2O2/c14-10-3-1-2-9-8(10)4-7-5-12-6-11(15)13(7)9/h1-4,12,14H,5-6H2. The van der Waals surface area contributed by atoms with Crippen molar-refractivity contribution in [3.8, 4) is 5.75 Å². The number of rotatable bonds is 0. The molecule has 0 bridgehead atoms. The van der Waals surface area contributed by atoms with Gasteiger partial charge in [-0.05, 0) is 18.2 Å². The van der Waals surface area contributed by atoms with Crippen LogP contribution in [0, 0.1) is 0 Å². The van der Waals surface area contributed by atoms with E-state index in [1.54, 1.807) is 16.7 Å². The fraction of sp³-hybridized carbons (Fsp3) is 0.182. The molecular formula is C11H10N2O2. The Bertz CT molecular complexity index is 557. The predicted molar refractivity (Wildman–Crippen MR) is 55.9 cm³/mol. The summed E-state index contributed by atoms with van der Waals surface area (Å²) in [4.78, 5) is 11.7. The summed E-state index contributed by atoms with van der Waals surface area (Å²) in [6, 6.07) is 7.09. The number of hydrogen-bond acceptors (Lipinski definition) is 3. The zero-order valence-electron chi connectivity index (χ0n) is 8.03. The topological polar surface area (TPSA) is 54.3 Å². The number of nitrogens with one attached hydrogen (secondary N) is 1. The molecule has 4 nitrogen and oxygen atoms in total. The first kappa shape index (κ1) is 8.49. The summed E-state index contributed by atoms with van der Waals surface area (Å²) < 4.78 is 1.67. The number of aromatic hydroxyl groups is 1. The molecule has 0 unspecified atom stereocenters. The monoisotopic (exact) mass is 202 g/mol. The third-order valence-corrected chi connectivity index (χ3v) is 2.73. The van der Waals surface area contributed by atoms with Crippen molar-refractivity contribution in [2.24, 2.45) is 0 Å². The van der Waals surface area contributed by atoms with E-state index >= 15 is 0 Å². The maximum Gasteiger partial charge on any atom is 0.245 e. The van der Waals surface area contributed by atoms with Crippen LogP contribution in [0.2, 0.25) is 0 Å². The van der Waals surface area contributed by atoms with Crippen molar-refractivity contribution in [1.29, 1.82) is 0 Å². The van der Waals surface area contributed by atoms with E-state index < -0.39 is 0 Å². The van der Waals surface area contributed by atoms with E-state index in [9.17, 15) is 9.90 Å². The number of fused-ring (bicyclic) bond motifs is 3. The van der Waals surface area contributed by atoms with Gasteiger partial charge in [0.25, 0.3) is 0 Å². The third kappa shape index (κ3) is 1.08. The minimum absolute atomic E-state index is 0.0249. The lowest BCUT2D eigenvalue weighted by Gasteiger charge is -2.15. The molecule has 0 radical (unpaired) electrons. The van der Waals surface area contributed by atoms with Gasteiger partial charge in [0.05, 0.1) is 12.1 Å². The molecule has 0 aliphatic carbocycles. The second-order valence-corrected chi connectivity index (χ2v) is 3.68.